The molecule has 128 valence electrons. The van der Waals surface area contributed by atoms with Crippen molar-refractivity contribution in [2.24, 2.45) is 7.05 Å². The van der Waals surface area contributed by atoms with Crippen molar-refractivity contribution in [2.45, 2.75) is 12.2 Å². The van der Waals surface area contributed by atoms with Crippen LogP contribution in [-0.4, -0.2) is 26.7 Å². The van der Waals surface area contributed by atoms with Gasteiger partial charge < -0.3 is 15.0 Å². The standard InChI is InChI=1S/C14H12F3N3O4/c1-19-5-4-9(7-19)12(14(15,16)17)18-13(22)8-2-3-11(21)10(6-8)20(23)24/h2-7,12,21H,1H3,(H,18,22)/t12-/m1/s1. The minimum Gasteiger partial charge on any atom is -0.502 e. The molecule has 0 aliphatic heterocycles. The molecule has 7 nitrogen and oxygen atoms in total. The molecule has 0 saturated carbocycles. The zero-order valence-corrected chi connectivity index (χ0v) is 12.2. The molecule has 0 unspecified atom stereocenters. The summed E-state index contributed by atoms with van der Waals surface area (Å²) < 4.78 is 41.0. The molecule has 24 heavy (non-hydrogen) atoms. The summed E-state index contributed by atoms with van der Waals surface area (Å²) in [6, 6.07) is 1.52. The van der Waals surface area contributed by atoms with Gasteiger partial charge in [0, 0.05) is 36.6 Å². The van der Waals surface area contributed by atoms with Crippen molar-refractivity contribution in [3.63, 3.8) is 0 Å². The number of nitrogens with zero attached hydrogens (tertiary/aromatic N) is 2. The van der Waals surface area contributed by atoms with E-state index in [9.17, 15) is 33.2 Å². The first-order valence-electron chi connectivity index (χ1n) is 6.56. The van der Waals surface area contributed by atoms with Crippen molar-refractivity contribution in [1.82, 2.24) is 9.88 Å². The Morgan fingerprint density at radius 2 is 2.04 bits per heavy atom. The summed E-state index contributed by atoms with van der Waals surface area (Å²) in [6.07, 6.45) is -2.15. The number of benzene rings is 1. The number of phenols is 1. The van der Waals surface area contributed by atoms with Gasteiger partial charge in [0.25, 0.3) is 5.91 Å². The van der Waals surface area contributed by atoms with Gasteiger partial charge in [-0.15, -0.1) is 0 Å². The van der Waals surface area contributed by atoms with E-state index in [4.69, 9.17) is 0 Å². The molecule has 0 bridgehead atoms. The molecule has 2 aromatic rings. The first kappa shape index (κ1) is 17.3. The Morgan fingerprint density at radius 3 is 2.54 bits per heavy atom. The van der Waals surface area contributed by atoms with Gasteiger partial charge in [-0.25, -0.2) is 0 Å². The Labute approximate surface area is 133 Å². The average molecular weight is 343 g/mol. The minimum absolute atomic E-state index is 0.174. The van der Waals surface area contributed by atoms with Crippen LogP contribution < -0.4 is 5.32 Å². The number of aromatic hydroxyl groups is 1. The molecule has 2 rings (SSSR count). The van der Waals surface area contributed by atoms with Gasteiger partial charge in [0.05, 0.1) is 4.92 Å². The number of phenolic OH excluding ortho intramolecular Hbond substituents is 1. The highest BCUT2D eigenvalue weighted by Gasteiger charge is 2.42. The highest BCUT2D eigenvalue weighted by atomic mass is 19.4. The Hall–Kier alpha value is -3.04. The van der Waals surface area contributed by atoms with E-state index in [1.807, 2.05) is 0 Å². The molecule has 1 atom stereocenters. The number of aryl methyl sites for hydroxylation is 1. The number of hydrogen-bond donors (Lipinski definition) is 2. The maximum Gasteiger partial charge on any atom is 0.412 e. The van der Waals surface area contributed by atoms with Crippen LogP contribution in [0.5, 0.6) is 5.75 Å². The number of carbonyl (C=O) groups excluding carboxylic acids is 1. The predicted molar refractivity (Wildman–Crippen MR) is 76.4 cm³/mol. The van der Waals surface area contributed by atoms with E-state index in [-0.39, 0.29) is 11.1 Å². The Morgan fingerprint density at radius 1 is 1.38 bits per heavy atom. The first-order valence-corrected chi connectivity index (χ1v) is 6.56. The van der Waals surface area contributed by atoms with E-state index in [2.05, 4.69) is 0 Å². The first-order chi connectivity index (χ1) is 11.1. The summed E-state index contributed by atoms with van der Waals surface area (Å²) in [5.41, 5.74) is -1.32. The van der Waals surface area contributed by atoms with Crippen LogP contribution in [0.25, 0.3) is 0 Å². The van der Waals surface area contributed by atoms with Crippen molar-refractivity contribution in [3.8, 4) is 5.75 Å². The van der Waals surface area contributed by atoms with Crippen molar-refractivity contribution < 1.29 is 28.0 Å². The fourth-order valence-corrected chi connectivity index (χ4v) is 2.08. The Kier molecular flexibility index (Phi) is 4.49. The second kappa shape index (κ2) is 6.22. The Bertz CT molecular complexity index is 786. The van der Waals surface area contributed by atoms with Crippen LogP contribution in [0, 0.1) is 10.1 Å². The summed E-state index contributed by atoms with van der Waals surface area (Å²) in [4.78, 5) is 21.8. The van der Waals surface area contributed by atoms with Crippen LogP contribution in [0.2, 0.25) is 0 Å². The zero-order valence-electron chi connectivity index (χ0n) is 12.2. The lowest BCUT2D eigenvalue weighted by Gasteiger charge is -2.21. The highest BCUT2D eigenvalue weighted by Crippen LogP contribution is 2.33. The molecule has 1 aromatic heterocycles. The van der Waals surface area contributed by atoms with E-state index < -0.39 is 34.5 Å². The lowest BCUT2D eigenvalue weighted by Crippen LogP contribution is -2.38. The number of rotatable bonds is 4. The Balaban J connectivity index is 2.32. The quantitative estimate of drug-likeness (QED) is 0.659. The summed E-state index contributed by atoms with van der Waals surface area (Å²) in [5, 5.41) is 21.9. The molecule has 1 heterocycles. The SMILES string of the molecule is Cn1ccc([C@@H](NC(=O)c2ccc(O)c([N+](=O)[O-])c2)C(F)(F)F)c1. The predicted octanol–water partition coefficient (Wildman–Crippen LogP) is 2.67. The van der Waals surface area contributed by atoms with Gasteiger partial charge in [-0.2, -0.15) is 13.2 Å². The van der Waals surface area contributed by atoms with Crippen LogP contribution in [0.1, 0.15) is 22.0 Å². The molecule has 0 radical (unpaired) electrons. The third-order valence-corrected chi connectivity index (χ3v) is 3.23. The molecule has 10 heteroatoms. The molecule has 0 saturated heterocycles. The molecular formula is C14H12F3N3O4. The number of nitro benzene ring substituents is 1. The van der Waals surface area contributed by atoms with Crippen molar-refractivity contribution in [2.75, 3.05) is 0 Å². The van der Waals surface area contributed by atoms with Crippen LogP contribution >= 0.6 is 0 Å². The van der Waals surface area contributed by atoms with Crippen LogP contribution in [0.3, 0.4) is 0 Å². The maximum atomic E-state index is 13.2. The van der Waals surface area contributed by atoms with Gasteiger partial charge in [-0.3, -0.25) is 14.9 Å². The zero-order chi connectivity index (χ0) is 18.1. The molecular weight excluding hydrogens is 331 g/mol. The van der Waals surface area contributed by atoms with Crippen LogP contribution in [0.15, 0.2) is 36.7 Å². The van der Waals surface area contributed by atoms with Crippen molar-refractivity contribution >= 4 is 11.6 Å². The monoisotopic (exact) mass is 343 g/mol. The van der Waals surface area contributed by atoms with Crippen LogP contribution in [0.4, 0.5) is 18.9 Å². The largest absolute Gasteiger partial charge is 0.502 e. The fraction of sp³-hybridized carbons (Fsp3) is 0.214. The molecule has 0 spiro atoms. The molecule has 0 aliphatic carbocycles. The number of nitro groups is 1. The molecule has 1 aromatic carbocycles. The maximum absolute atomic E-state index is 13.2. The van der Waals surface area contributed by atoms with Crippen LogP contribution in [-0.2, 0) is 7.05 Å². The number of amides is 1. The number of nitrogens with one attached hydrogen (secondary N) is 1. The summed E-state index contributed by atoms with van der Waals surface area (Å²) in [6.45, 7) is 0. The van der Waals surface area contributed by atoms with Gasteiger partial charge in [-0.1, -0.05) is 0 Å². The van der Waals surface area contributed by atoms with E-state index >= 15 is 0 Å². The number of carbonyl (C=O) groups is 1. The average Bonchev–Trinajstić information content (AvgIpc) is 2.89. The minimum atomic E-state index is -4.75. The van der Waals surface area contributed by atoms with Gasteiger partial charge in [0.1, 0.15) is 0 Å². The van der Waals surface area contributed by atoms with Gasteiger partial charge in [0.15, 0.2) is 11.8 Å². The summed E-state index contributed by atoms with van der Waals surface area (Å²) in [7, 11) is 1.53. The third kappa shape index (κ3) is 3.65. The van der Waals surface area contributed by atoms with Gasteiger partial charge in [-0.05, 0) is 18.2 Å². The third-order valence-electron chi connectivity index (χ3n) is 3.23. The van der Waals surface area contributed by atoms with Gasteiger partial charge in [0.2, 0.25) is 0 Å². The van der Waals surface area contributed by atoms with Gasteiger partial charge >= 0.3 is 11.9 Å². The van der Waals surface area contributed by atoms with E-state index in [1.165, 1.54) is 30.1 Å². The number of aromatic nitrogens is 1. The van der Waals surface area contributed by atoms with E-state index in [1.54, 1.807) is 5.32 Å². The fourth-order valence-electron chi connectivity index (χ4n) is 2.08. The number of alkyl halides is 3. The molecule has 2 N–H and O–H groups in total. The normalized spacial score (nSPS) is 12.7. The smallest absolute Gasteiger partial charge is 0.412 e. The number of halogens is 3. The van der Waals surface area contributed by atoms with Crippen molar-refractivity contribution in [3.05, 3.63) is 57.9 Å². The second-order valence-electron chi connectivity index (χ2n) is 5.02. The lowest BCUT2D eigenvalue weighted by atomic mass is 10.1. The summed E-state index contributed by atoms with van der Waals surface area (Å²) in [5.74, 6) is -1.84. The van der Waals surface area contributed by atoms with E-state index in [0.29, 0.717) is 6.07 Å². The lowest BCUT2D eigenvalue weighted by molar-refractivity contribution is -0.385. The molecule has 1 amide bonds. The highest BCUT2D eigenvalue weighted by molar-refractivity contribution is 5.95. The molecule has 0 fully saturated rings. The second-order valence-corrected chi connectivity index (χ2v) is 5.02. The van der Waals surface area contributed by atoms with E-state index in [0.717, 1.165) is 12.1 Å². The number of hydrogen-bond acceptors (Lipinski definition) is 4. The summed E-state index contributed by atoms with van der Waals surface area (Å²) >= 11 is 0. The van der Waals surface area contributed by atoms with Crippen molar-refractivity contribution in [1.29, 1.82) is 0 Å². The molecule has 0 aliphatic rings. The topological polar surface area (TPSA) is 97.4 Å².